The molecule has 1 aliphatic heterocycles. The SMILES string of the molecule is Nc1cn(CC2CCCCNC2=O)nn1. The van der Waals surface area contributed by atoms with Crippen molar-refractivity contribution in [1.29, 1.82) is 0 Å². The lowest BCUT2D eigenvalue weighted by Crippen LogP contribution is -2.31. The number of nitrogens with zero attached hydrogens (tertiary/aromatic N) is 3. The minimum Gasteiger partial charge on any atom is -0.381 e. The van der Waals surface area contributed by atoms with Gasteiger partial charge in [0.1, 0.15) is 0 Å². The summed E-state index contributed by atoms with van der Waals surface area (Å²) in [4.78, 5) is 11.6. The van der Waals surface area contributed by atoms with Crippen LogP contribution in [0.3, 0.4) is 0 Å². The topological polar surface area (TPSA) is 85.8 Å². The van der Waals surface area contributed by atoms with Gasteiger partial charge in [-0.3, -0.25) is 4.79 Å². The van der Waals surface area contributed by atoms with Crippen LogP contribution in [0.15, 0.2) is 6.20 Å². The fourth-order valence-electron chi connectivity index (χ4n) is 1.81. The Hall–Kier alpha value is -1.59. The lowest BCUT2D eigenvalue weighted by atomic mass is 10.0. The van der Waals surface area contributed by atoms with Crippen LogP contribution in [-0.4, -0.2) is 27.4 Å². The molecule has 0 bridgehead atoms. The Labute approximate surface area is 87.8 Å². The van der Waals surface area contributed by atoms with Crippen molar-refractivity contribution in [1.82, 2.24) is 20.3 Å². The molecule has 0 aliphatic carbocycles. The third-order valence-corrected chi connectivity index (χ3v) is 2.61. The first-order valence-corrected chi connectivity index (χ1v) is 5.19. The minimum absolute atomic E-state index is 0.00593. The van der Waals surface area contributed by atoms with Gasteiger partial charge in [0.15, 0.2) is 5.82 Å². The van der Waals surface area contributed by atoms with Gasteiger partial charge >= 0.3 is 0 Å². The van der Waals surface area contributed by atoms with Crippen LogP contribution in [0, 0.1) is 5.92 Å². The first kappa shape index (κ1) is 9.95. The van der Waals surface area contributed by atoms with E-state index in [1.807, 2.05) is 0 Å². The molecule has 1 aliphatic rings. The molecule has 6 nitrogen and oxygen atoms in total. The minimum atomic E-state index is -0.00593. The van der Waals surface area contributed by atoms with Crippen LogP contribution >= 0.6 is 0 Å². The van der Waals surface area contributed by atoms with Crippen molar-refractivity contribution in [2.45, 2.75) is 25.8 Å². The third-order valence-electron chi connectivity index (χ3n) is 2.61. The average Bonchev–Trinajstić information content (AvgIpc) is 2.50. The Bertz CT molecular complexity index is 348. The number of aromatic nitrogens is 3. The highest BCUT2D eigenvalue weighted by Crippen LogP contribution is 2.14. The molecular weight excluding hydrogens is 194 g/mol. The largest absolute Gasteiger partial charge is 0.381 e. The molecule has 0 aromatic carbocycles. The molecule has 1 saturated heterocycles. The summed E-state index contributed by atoms with van der Waals surface area (Å²) in [7, 11) is 0. The summed E-state index contributed by atoms with van der Waals surface area (Å²) < 4.78 is 1.63. The van der Waals surface area contributed by atoms with Crippen molar-refractivity contribution in [2.75, 3.05) is 12.3 Å². The normalized spacial score (nSPS) is 22.1. The lowest BCUT2D eigenvalue weighted by Gasteiger charge is -2.11. The quantitative estimate of drug-likeness (QED) is 0.705. The van der Waals surface area contributed by atoms with E-state index in [0.29, 0.717) is 12.4 Å². The van der Waals surface area contributed by atoms with E-state index >= 15 is 0 Å². The van der Waals surface area contributed by atoms with E-state index in [2.05, 4.69) is 15.6 Å². The van der Waals surface area contributed by atoms with Gasteiger partial charge in [-0.1, -0.05) is 11.6 Å². The van der Waals surface area contributed by atoms with Gasteiger partial charge in [0.05, 0.1) is 18.7 Å². The van der Waals surface area contributed by atoms with Crippen LogP contribution < -0.4 is 11.1 Å². The van der Waals surface area contributed by atoms with E-state index in [1.54, 1.807) is 10.9 Å². The molecule has 15 heavy (non-hydrogen) atoms. The van der Waals surface area contributed by atoms with Gasteiger partial charge in [0, 0.05) is 6.54 Å². The van der Waals surface area contributed by atoms with E-state index in [9.17, 15) is 4.79 Å². The van der Waals surface area contributed by atoms with Crippen molar-refractivity contribution in [3.8, 4) is 0 Å². The predicted molar refractivity (Wildman–Crippen MR) is 54.8 cm³/mol. The molecule has 3 N–H and O–H groups in total. The second kappa shape index (κ2) is 4.29. The molecule has 1 fully saturated rings. The zero-order valence-electron chi connectivity index (χ0n) is 8.52. The zero-order chi connectivity index (χ0) is 10.7. The van der Waals surface area contributed by atoms with Crippen molar-refractivity contribution < 1.29 is 4.79 Å². The highest BCUT2D eigenvalue weighted by atomic mass is 16.1. The molecule has 2 heterocycles. The Balaban J connectivity index is 2.00. The van der Waals surface area contributed by atoms with E-state index < -0.39 is 0 Å². The number of nitrogen functional groups attached to an aromatic ring is 1. The molecule has 82 valence electrons. The fraction of sp³-hybridized carbons (Fsp3) is 0.667. The highest BCUT2D eigenvalue weighted by molar-refractivity contribution is 5.78. The van der Waals surface area contributed by atoms with E-state index in [4.69, 9.17) is 5.73 Å². The Morgan fingerprint density at radius 3 is 3.20 bits per heavy atom. The molecule has 0 spiro atoms. The molecule has 1 aromatic rings. The number of rotatable bonds is 2. The number of hydrogen-bond acceptors (Lipinski definition) is 4. The van der Waals surface area contributed by atoms with Crippen LogP contribution in [0.2, 0.25) is 0 Å². The van der Waals surface area contributed by atoms with Crippen LogP contribution in [0.1, 0.15) is 19.3 Å². The predicted octanol–water partition coefficient (Wildman–Crippen LogP) is -0.223. The molecule has 1 unspecified atom stereocenters. The second-order valence-corrected chi connectivity index (χ2v) is 3.85. The van der Waals surface area contributed by atoms with E-state index in [-0.39, 0.29) is 11.8 Å². The fourth-order valence-corrected chi connectivity index (χ4v) is 1.81. The molecule has 6 heteroatoms. The number of nitrogens with two attached hydrogens (primary N) is 1. The standard InChI is InChI=1S/C9H15N5O/c10-8-6-14(13-12-8)5-7-3-1-2-4-11-9(7)15/h6-7H,1-5,10H2,(H,11,15). The van der Waals surface area contributed by atoms with Gasteiger partial charge in [-0.15, -0.1) is 5.10 Å². The van der Waals surface area contributed by atoms with Gasteiger partial charge in [-0.2, -0.15) is 0 Å². The first-order chi connectivity index (χ1) is 7.25. The van der Waals surface area contributed by atoms with Crippen molar-refractivity contribution in [2.24, 2.45) is 5.92 Å². The van der Waals surface area contributed by atoms with Gasteiger partial charge < -0.3 is 11.1 Å². The van der Waals surface area contributed by atoms with Gasteiger partial charge in [0.2, 0.25) is 5.91 Å². The van der Waals surface area contributed by atoms with E-state index in [0.717, 1.165) is 25.8 Å². The third kappa shape index (κ3) is 2.45. The summed E-state index contributed by atoms with van der Waals surface area (Å²) in [5, 5.41) is 10.4. The number of amides is 1. The van der Waals surface area contributed by atoms with Crippen LogP contribution in [0.5, 0.6) is 0 Å². The van der Waals surface area contributed by atoms with Crippen molar-refractivity contribution in [3.05, 3.63) is 6.20 Å². The maximum Gasteiger partial charge on any atom is 0.224 e. The summed E-state index contributed by atoms with van der Waals surface area (Å²) >= 11 is 0. The summed E-state index contributed by atoms with van der Waals surface area (Å²) in [6, 6.07) is 0. The number of anilines is 1. The van der Waals surface area contributed by atoms with Gasteiger partial charge in [-0.25, -0.2) is 4.68 Å². The maximum absolute atomic E-state index is 11.6. The molecule has 0 saturated carbocycles. The average molecular weight is 209 g/mol. The second-order valence-electron chi connectivity index (χ2n) is 3.85. The van der Waals surface area contributed by atoms with E-state index in [1.165, 1.54) is 0 Å². The Morgan fingerprint density at radius 2 is 2.47 bits per heavy atom. The zero-order valence-corrected chi connectivity index (χ0v) is 8.52. The lowest BCUT2D eigenvalue weighted by molar-refractivity contribution is -0.125. The number of nitrogens with one attached hydrogen (secondary N) is 1. The molecule has 2 rings (SSSR count). The first-order valence-electron chi connectivity index (χ1n) is 5.19. The van der Waals surface area contributed by atoms with Crippen molar-refractivity contribution in [3.63, 3.8) is 0 Å². The van der Waals surface area contributed by atoms with Gasteiger partial charge in [0.25, 0.3) is 0 Å². The molecule has 1 atom stereocenters. The molecule has 1 amide bonds. The highest BCUT2D eigenvalue weighted by Gasteiger charge is 2.21. The molecule has 0 radical (unpaired) electrons. The van der Waals surface area contributed by atoms with Crippen LogP contribution in [0.25, 0.3) is 0 Å². The smallest absolute Gasteiger partial charge is 0.224 e. The van der Waals surface area contributed by atoms with Gasteiger partial charge in [-0.05, 0) is 12.8 Å². The van der Waals surface area contributed by atoms with Crippen molar-refractivity contribution >= 4 is 11.7 Å². The van der Waals surface area contributed by atoms with Crippen LogP contribution in [-0.2, 0) is 11.3 Å². The van der Waals surface area contributed by atoms with Crippen LogP contribution in [0.4, 0.5) is 5.82 Å². The Kier molecular flexibility index (Phi) is 2.84. The maximum atomic E-state index is 11.6. The number of carbonyl (C=O) groups excluding carboxylic acids is 1. The monoisotopic (exact) mass is 209 g/mol. The summed E-state index contributed by atoms with van der Waals surface area (Å²) in [6.45, 7) is 1.35. The summed E-state index contributed by atoms with van der Waals surface area (Å²) in [5.74, 6) is 0.499. The number of carbonyl (C=O) groups is 1. The molecular formula is C9H15N5O. The summed E-state index contributed by atoms with van der Waals surface area (Å²) in [6.07, 6.45) is 4.69. The number of hydrogen-bond donors (Lipinski definition) is 2. The summed E-state index contributed by atoms with van der Waals surface area (Å²) in [5.41, 5.74) is 5.45. The molecule has 1 aromatic heterocycles. The Morgan fingerprint density at radius 1 is 1.60 bits per heavy atom.